The SMILES string of the molecule is CCCN(CCC)CC(O)CC(C)(C)C. The highest BCUT2D eigenvalue weighted by Crippen LogP contribution is 2.21. The van der Waals surface area contributed by atoms with Crippen molar-refractivity contribution in [2.24, 2.45) is 5.41 Å². The van der Waals surface area contributed by atoms with Gasteiger partial charge in [-0.2, -0.15) is 0 Å². The zero-order chi connectivity index (χ0) is 11.9. The molecule has 1 unspecified atom stereocenters. The molecule has 0 aromatic rings. The van der Waals surface area contributed by atoms with Crippen LogP contribution in [-0.2, 0) is 0 Å². The van der Waals surface area contributed by atoms with Gasteiger partial charge in [-0.1, -0.05) is 34.6 Å². The number of nitrogens with zero attached hydrogens (tertiary/aromatic N) is 1. The fraction of sp³-hybridized carbons (Fsp3) is 1.00. The monoisotopic (exact) mass is 215 g/mol. The molecule has 0 radical (unpaired) electrons. The van der Waals surface area contributed by atoms with Crippen molar-refractivity contribution >= 4 is 0 Å². The van der Waals surface area contributed by atoms with Crippen LogP contribution >= 0.6 is 0 Å². The van der Waals surface area contributed by atoms with Gasteiger partial charge in [0, 0.05) is 6.54 Å². The van der Waals surface area contributed by atoms with E-state index >= 15 is 0 Å². The van der Waals surface area contributed by atoms with Crippen LogP contribution in [0, 0.1) is 5.41 Å². The van der Waals surface area contributed by atoms with Crippen molar-refractivity contribution in [2.45, 2.75) is 60.0 Å². The Bertz CT molecular complexity index is 145. The fourth-order valence-corrected chi connectivity index (χ4v) is 2.00. The molecule has 0 saturated carbocycles. The van der Waals surface area contributed by atoms with Gasteiger partial charge in [-0.05, 0) is 37.8 Å². The van der Waals surface area contributed by atoms with Gasteiger partial charge in [0.2, 0.25) is 0 Å². The second kappa shape index (κ2) is 7.24. The minimum Gasteiger partial charge on any atom is -0.392 e. The highest BCUT2D eigenvalue weighted by Gasteiger charge is 2.18. The molecule has 0 saturated heterocycles. The lowest BCUT2D eigenvalue weighted by Gasteiger charge is -2.28. The molecule has 92 valence electrons. The van der Waals surface area contributed by atoms with Crippen molar-refractivity contribution in [3.63, 3.8) is 0 Å². The predicted molar refractivity (Wildman–Crippen MR) is 67.1 cm³/mol. The quantitative estimate of drug-likeness (QED) is 0.706. The van der Waals surface area contributed by atoms with E-state index in [4.69, 9.17) is 0 Å². The van der Waals surface area contributed by atoms with Crippen LogP contribution in [0.25, 0.3) is 0 Å². The van der Waals surface area contributed by atoms with Crippen molar-refractivity contribution in [3.8, 4) is 0 Å². The molecule has 0 aliphatic heterocycles. The summed E-state index contributed by atoms with van der Waals surface area (Å²) in [5.41, 5.74) is 0.226. The van der Waals surface area contributed by atoms with Gasteiger partial charge in [0.05, 0.1) is 6.10 Å². The summed E-state index contributed by atoms with van der Waals surface area (Å²) in [6, 6.07) is 0. The molecule has 0 aliphatic rings. The van der Waals surface area contributed by atoms with Gasteiger partial charge in [-0.25, -0.2) is 0 Å². The molecule has 2 heteroatoms. The number of rotatable bonds is 7. The number of hydrogen-bond acceptors (Lipinski definition) is 2. The number of aliphatic hydroxyl groups excluding tert-OH is 1. The first kappa shape index (κ1) is 14.9. The van der Waals surface area contributed by atoms with Crippen LogP contribution in [0.1, 0.15) is 53.9 Å². The van der Waals surface area contributed by atoms with Gasteiger partial charge in [0.1, 0.15) is 0 Å². The van der Waals surface area contributed by atoms with Crippen molar-refractivity contribution in [2.75, 3.05) is 19.6 Å². The van der Waals surface area contributed by atoms with Crippen molar-refractivity contribution in [1.29, 1.82) is 0 Å². The lowest BCUT2D eigenvalue weighted by molar-refractivity contribution is 0.0767. The Morgan fingerprint density at radius 3 is 1.87 bits per heavy atom. The van der Waals surface area contributed by atoms with Gasteiger partial charge in [0.15, 0.2) is 0 Å². The van der Waals surface area contributed by atoms with E-state index in [0.717, 1.165) is 26.1 Å². The van der Waals surface area contributed by atoms with E-state index < -0.39 is 0 Å². The maximum Gasteiger partial charge on any atom is 0.0672 e. The van der Waals surface area contributed by atoms with Gasteiger partial charge in [0.25, 0.3) is 0 Å². The van der Waals surface area contributed by atoms with Crippen LogP contribution in [0.4, 0.5) is 0 Å². The van der Waals surface area contributed by atoms with Crippen molar-refractivity contribution in [1.82, 2.24) is 4.90 Å². The maximum atomic E-state index is 9.97. The van der Waals surface area contributed by atoms with Crippen LogP contribution in [0.5, 0.6) is 0 Å². The minimum absolute atomic E-state index is 0.178. The summed E-state index contributed by atoms with van der Waals surface area (Å²) in [4.78, 5) is 2.37. The Labute approximate surface area is 95.7 Å². The third kappa shape index (κ3) is 8.88. The van der Waals surface area contributed by atoms with Crippen LogP contribution in [-0.4, -0.2) is 35.7 Å². The topological polar surface area (TPSA) is 23.5 Å². The third-order valence-electron chi connectivity index (χ3n) is 2.40. The largest absolute Gasteiger partial charge is 0.392 e. The third-order valence-corrected chi connectivity index (χ3v) is 2.40. The van der Waals surface area contributed by atoms with E-state index in [0.29, 0.717) is 0 Å². The molecule has 0 amide bonds. The zero-order valence-electron chi connectivity index (χ0n) is 11.2. The Kier molecular flexibility index (Phi) is 7.20. The molecule has 0 bridgehead atoms. The standard InChI is InChI=1S/C13H29NO/c1-6-8-14(9-7-2)11-12(15)10-13(3,4)5/h12,15H,6-11H2,1-5H3. The molecule has 0 heterocycles. The smallest absolute Gasteiger partial charge is 0.0672 e. The van der Waals surface area contributed by atoms with Gasteiger partial charge < -0.3 is 10.0 Å². The second-order valence-corrected chi connectivity index (χ2v) is 5.72. The minimum atomic E-state index is -0.178. The van der Waals surface area contributed by atoms with Crippen LogP contribution in [0.3, 0.4) is 0 Å². The Morgan fingerprint density at radius 2 is 1.53 bits per heavy atom. The summed E-state index contributed by atoms with van der Waals surface area (Å²) < 4.78 is 0. The molecule has 15 heavy (non-hydrogen) atoms. The van der Waals surface area contributed by atoms with E-state index in [1.807, 2.05) is 0 Å². The molecular weight excluding hydrogens is 186 g/mol. The van der Waals surface area contributed by atoms with Crippen LogP contribution in [0.2, 0.25) is 0 Å². The summed E-state index contributed by atoms with van der Waals surface area (Å²) in [7, 11) is 0. The first-order valence-electron chi connectivity index (χ1n) is 6.29. The van der Waals surface area contributed by atoms with Gasteiger partial charge in [-0.15, -0.1) is 0 Å². The molecule has 0 fully saturated rings. The molecule has 0 aliphatic carbocycles. The van der Waals surface area contributed by atoms with Gasteiger partial charge >= 0.3 is 0 Å². The molecular formula is C13H29NO. The average molecular weight is 215 g/mol. The summed E-state index contributed by atoms with van der Waals surface area (Å²) in [5, 5.41) is 9.97. The second-order valence-electron chi connectivity index (χ2n) is 5.72. The first-order valence-corrected chi connectivity index (χ1v) is 6.29. The van der Waals surface area contributed by atoms with E-state index in [9.17, 15) is 5.11 Å². The Hall–Kier alpha value is -0.0800. The Morgan fingerprint density at radius 1 is 1.07 bits per heavy atom. The van der Waals surface area contributed by atoms with E-state index in [1.54, 1.807) is 0 Å². The van der Waals surface area contributed by atoms with Crippen LogP contribution < -0.4 is 0 Å². The molecule has 1 atom stereocenters. The van der Waals surface area contributed by atoms with E-state index in [-0.39, 0.29) is 11.5 Å². The predicted octanol–water partition coefficient (Wildman–Crippen LogP) is 2.91. The molecule has 0 spiro atoms. The lowest BCUT2D eigenvalue weighted by Crippen LogP contribution is -2.35. The summed E-state index contributed by atoms with van der Waals surface area (Å²) in [5.74, 6) is 0. The van der Waals surface area contributed by atoms with E-state index in [1.165, 1.54) is 12.8 Å². The highest BCUT2D eigenvalue weighted by molar-refractivity contribution is 4.71. The maximum absolute atomic E-state index is 9.97. The summed E-state index contributed by atoms with van der Waals surface area (Å²) in [6.07, 6.45) is 3.05. The first-order chi connectivity index (χ1) is 6.89. The van der Waals surface area contributed by atoms with E-state index in [2.05, 4.69) is 39.5 Å². The van der Waals surface area contributed by atoms with Crippen molar-refractivity contribution < 1.29 is 5.11 Å². The van der Waals surface area contributed by atoms with Gasteiger partial charge in [-0.3, -0.25) is 0 Å². The summed E-state index contributed by atoms with van der Waals surface area (Å²) >= 11 is 0. The van der Waals surface area contributed by atoms with Crippen molar-refractivity contribution in [3.05, 3.63) is 0 Å². The fourth-order valence-electron chi connectivity index (χ4n) is 2.00. The average Bonchev–Trinajstić information content (AvgIpc) is 2.00. The zero-order valence-corrected chi connectivity index (χ0v) is 11.2. The lowest BCUT2D eigenvalue weighted by atomic mass is 9.89. The summed E-state index contributed by atoms with van der Waals surface area (Å²) in [6.45, 7) is 14.0. The number of hydrogen-bond donors (Lipinski definition) is 1. The molecule has 0 aromatic heterocycles. The van der Waals surface area contributed by atoms with Crippen LogP contribution in [0.15, 0.2) is 0 Å². The molecule has 0 aromatic carbocycles. The normalized spacial score (nSPS) is 14.6. The molecule has 1 N–H and O–H groups in total. The molecule has 0 rings (SSSR count). The molecule has 2 nitrogen and oxygen atoms in total. The highest BCUT2D eigenvalue weighted by atomic mass is 16.3. The Balaban J connectivity index is 3.93. The number of aliphatic hydroxyl groups is 1.